The fraction of sp³-hybridized carbons (Fsp3) is 0.562. The minimum absolute atomic E-state index is 0.205. The molecule has 0 unspecified atom stereocenters. The number of halogens is 1. The lowest BCUT2D eigenvalue weighted by Gasteiger charge is -2.20. The van der Waals surface area contributed by atoms with Crippen LogP contribution in [-0.2, 0) is 10.5 Å². The summed E-state index contributed by atoms with van der Waals surface area (Å²) in [5.74, 6) is 1.70. The summed E-state index contributed by atoms with van der Waals surface area (Å²) < 4.78 is 12.8. The molecule has 1 saturated heterocycles. The summed E-state index contributed by atoms with van der Waals surface area (Å²) in [6.07, 6.45) is 1.66. The average molecular weight is 310 g/mol. The first-order valence-corrected chi connectivity index (χ1v) is 8.48. The molecule has 2 rings (SSSR count). The standard InChI is InChI=1S/C16H23FN2OS/c1-18(2)15-7-9-19(11-15)16(20)8-10-21-12-13-3-5-14(17)6-4-13/h3-6,15H,7-12H2,1-2H3/t15-/m0/s1. The van der Waals surface area contributed by atoms with Gasteiger partial charge in [0.1, 0.15) is 5.82 Å². The van der Waals surface area contributed by atoms with Crippen molar-refractivity contribution in [1.29, 1.82) is 0 Å². The normalized spacial score (nSPS) is 18.5. The maximum absolute atomic E-state index is 12.8. The lowest BCUT2D eigenvalue weighted by molar-refractivity contribution is -0.129. The molecule has 1 aliphatic heterocycles. The van der Waals surface area contributed by atoms with Gasteiger partial charge in [-0.1, -0.05) is 12.1 Å². The Morgan fingerprint density at radius 2 is 2.10 bits per heavy atom. The molecule has 116 valence electrons. The maximum Gasteiger partial charge on any atom is 0.223 e. The summed E-state index contributed by atoms with van der Waals surface area (Å²) >= 11 is 1.73. The second-order valence-corrected chi connectivity index (χ2v) is 6.78. The van der Waals surface area contributed by atoms with Crippen molar-refractivity contribution < 1.29 is 9.18 Å². The molecule has 1 heterocycles. The molecule has 1 aromatic carbocycles. The quantitative estimate of drug-likeness (QED) is 0.755. The molecule has 0 aromatic heterocycles. The first kappa shape index (κ1) is 16.3. The third-order valence-corrected chi connectivity index (χ3v) is 4.92. The maximum atomic E-state index is 12.8. The summed E-state index contributed by atoms with van der Waals surface area (Å²) in [5, 5.41) is 0. The fourth-order valence-electron chi connectivity index (χ4n) is 2.48. The van der Waals surface area contributed by atoms with Crippen molar-refractivity contribution in [3.63, 3.8) is 0 Å². The van der Waals surface area contributed by atoms with Crippen LogP contribution in [0.4, 0.5) is 4.39 Å². The van der Waals surface area contributed by atoms with Gasteiger partial charge in [0.2, 0.25) is 5.91 Å². The van der Waals surface area contributed by atoms with Gasteiger partial charge < -0.3 is 9.80 Å². The molecule has 0 radical (unpaired) electrons. The topological polar surface area (TPSA) is 23.6 Å². The van der Waals surface area contributed by atoms with E-state index in [1.54, 1.807) is 23.9 Å². The van der Waals surface area contributed by atoms with E-state index in [0.717, 1.165) is 36.6 Å². The van der Waals surface area contributed by atoms with Gasteiger partial charge in [0.15, 0.2) is 0 Å². The Morgan fingerprint density at radius 3 is 2.71 bits per heavy atom. The molecule has 0 N–H and O–H groups in total. The van der Waals surface area contributed by atoms with Crippen LogP contribution in [-0.4, -0.2) is 54.7 Å². The van der Waals surface area contributed by atoms with Gasteiger partial charge in [-0.25, -0.2) is 4.39 Å². The molecular weight excluding hydrogens is 287 g/mol. The Bertz CT molecular complexity index is 464. The predicted molar refractivity (Wildman–Crippen MR) is 85.9 cm³/mol. The molecule has 1 aromatic rings. The second kappa shape index (κ2) is 7.80. The number of thioether (sulfide) groups is 1. The van der Waals surface area contributed by atoms with Crippen LogP contribution in [0, 0.1) is 5.82 Å². The molecule has 0 saturated carbocycles. The number of nitrogens with zero attached hydrogens (tertiary/aromatic N) is 2. The number of likely N-dealkylation sites (tertiary alicyclic amines) is 1. The average Bonchev–Trinajstić information content (AvgIpc) is 2.95. The van der Waals surface area contributed by atoms with Crippen LogP contribution >= 0.6 is 11.8 Å². The largest absolute Gasteiger partial charge is 0.341 e. The Balaban J connectivity index is 1.64. The molecule has 1 atom stereocenters. The highest BCUT2D eigenvalue weighted by atomic mass is 32.2. The third-order valence-electron chi connectivity index (χ3n) is 3.89. The number of hydrogen-bond donors (Lipinski definition) is 0. The Hall–Kier alpha value is -1.07. The summed E-state index contributed by atoms with van der Waals surface area (Å²) in [7, 11) is 4.13. The predicted octanol–water partition coefficient (Wildman–Crippen LogP) is 2.61. The van der Waals surface area contributed by atoms with Gasteiger partial charge in [0.25, 0.3) is 0 Å². The van der Waals surface area contributed by atoms with E-state index in [2.05, 4.69) is 19.0 Å². The zero-order valence-corrected chi connectivity index (χ0v) is 13.5. The van der Waals surface area contributed by atoms with E-state index in [-0.39, 0.29) is 11.7 Å². The summed E-state index contributed by atoms with van der Waals surface area (Å²) in [4.78, 5) is 16.3. The minimum atomic E-state index is -0.205. The van der Waals surface area contributed by atoms with Crippen molar-refractivity contribution in [3.8, 4) is 0 Å². The smallest absolute Gasteiger partial charge is 0.223 e. The SMILES string of the molecule is CN(C)[C@H]1CCN(C(=O)CCSCc2ccc(F)cc2)C1. The number of hydrogen-bond acceptors (Lipinski definition) is 3. The minimum Gasteiger partial charge on any atom is -0.341 e. The van der Waals surface area contributed by atoms with Crippen molar-refractivity contribution in [2.75, 3.05) is 32.9 Å². The van der Waals surface area contributed by atoms with Crippen molar-refractivity contribution >= 4 is 17.7 Å². The Kier molecular flexibility index (Phi) is 6.06. The first-order chi connectivity index (χ1) is 10.1. The van der Waals surface area contributed by atoms with Gasteiger partial charge in [0, 0.05) is 37.1 Å². The summed E-state index contributed by atoms with van der Waals surface area (Å²) in [6, 6.07) is 7.05. The molecular formula is C16H23FN2OS. The molecule has 3 nitrogen and oxygen atoms in total. The molecule has 21 heavy (non-hydrogen) atoms. The zero-order chi connectivity index (χ0) is 15.2. The molecule has 0 bridgehead atoms. The number of likely N-dealkylation sites (N-methyl/N-ethyl adjacent to an activating group) is 1. The number of carbonyl (C=O) groups excluding carboxylic acids is 1. The van der Waals surface area contributed by atoms with E-state index in [1.165, 1.54) is 12.1 Å². The van der Waals surface area contributed by atoms with Gasteiger partial charge in [-0.3, -0.25) is 4.79 Å². The molecule has 5 heteroatoms. The number of rotatable bonds is 6. The van der Waals surface area contributed by atoms with E-state index in [9.17, 15) is 9.18 Å². The van der Waals surface area contributed by atoms with Gasteiger partial charge in [-0.2, -0.15) is 11.8 Å². The number of amides is 1. The molecule has 1 fully saturated rings. The molecule has 0 aliphatic carbocycles. The van der Waals surface area contributed by atoms with Crippen LogP contribution in [0.5, 0.6) is 0 Å². The number of benzene rings is 1. The van der Waals surface area contributed by atoms with Crippen LogP contribution in [0.25, 0.3) is 0 Å². The highest BCUT2D eigenvalue weighted by Crippen LogP contribution is 2.17. The second-order valence-electron chi connectivity index (χ2n) is 5.67. The Morgan fingerprint density at radius 1 is 1.38 bits per heavy atom. The van der Waals surface area contributed by atoms with Crippen molar-refractivity contribution in [1.82, 2.24) is 9.80 Å². The third kappa shape index (κ3) is 5.00. The molecule has 1 aliphatic rings. The fourth-order valence-corrected chi connectivity index (χ4v) is 3.37. The summed E-state index contributed by atoms with van der Waals surface area (Å²) in [6.45, 7) is 1.73. The van der Waals surface area contributed by atoms with Gasteiger partial charge in [0.05, 0.1) is 0 Å². The van der Waals surface area contributed by atoms with Gasteiger partial charge in [-0.15, -0.1) is 0 Å². The van der Waals surface area contributed by atoms with Crippen LogP contribution in [0.1, 0.15) is 18.4 Å². The Labute approximate surface area is 130 Å². The molecule has 1 amide bonds. The van der Waals surface area contributed by atoms with E-state index in [1.807, 2.05) is 4.90 Å². The van der Waals surface area contributed by atoms with Crippen LogP contribution in [0.3, 0.4) is 0 Å². The van der Waals surface area contributed by atoms with E-state index < -0.39 is 0 Å². The van der Waals surface area contributed by atoms with Crippen molar-refractivity contribution in [2.24, 2.45) is 0 Å². The van der Waals surface area contributed by atoms with Gasteiger partial charge in [-0.05, 0) is 38.2 Å². The first-order valence-electron chi connectivity index (χ1n) is 7.32. The van der Waals surface area contributed by atoms with Crippen LogP contribution < -0.4 is 0 Å². The number of carbonyl (C=O) groups is 1. The highest BCUT2D eigenvalue weighted by Gasteiger charge is 2.26. The van der Waals surface area contributed by atoms with E-state index in [0.29, 0.717) is 12.5 Å². The molecule has 0 spiro atoms. The lowest BCUT2D eigenvalue weighted by atomic mass is 10.2. The lowest BCUT2D eigenvalue weighted by Crippen LogP contribution is -2.34. The van der Waals surface area contributed by atoms with Crippen molar-refractivity contribution in [2.45, 2.75) is 24.6 Å². The van der Waals surface area contributed by atoms with Crippen LogP contribution in [0.2, 0.25) is 0 Å². The zero-order valence-electron chi connectivity index (χ0n) is 12.7. The van der Waals surface area contributed by atoms with E-state index in [4.69, 9.17) is 0 Å². The van der Waals surface area contributed by atoms with Gasteiger partial charge >= 0.3 is 0 Å². The summed E-state index contributed by atoms with van der Waals surface area (Å²) in [5.41, 5.74) is 1.10. The van der Waals surface area contributed by atoms with Crippen molar-refractivity contribution in [3.05, 3.63) is 35.6 Å². The monoisotopic (exact) mass is 310 g/mol. The van der Waals surface area contributed by atoms with Crippen LogP contribution in [0.15, 0.2) is 24.3 Å². The highest BCUT2D eigenvalue weighted by molar-refractivity contribution is 7.98. The van der Waals surface area contributed by atoms with E-state index >= 15 is 0 Å².